The number of amides is 2. The lowest BCUT2D eigenvalue weighted by molar-refractivity contribution is -0.145. The number of ether oxygens (including phenoxy) is 1. The SMILES string of the molecule is CCOC(=O)C(C)NC(=O)N1CCC(C(=O)O)C1C. The maximum absolute atomic E-state index is 12.0. The van der Waals surface area contributed by atoms with Crippen LogP contribution in [0.4, 0.5) is 4.79 Å². The number of esters is 1. The van der Waals surface area contributed by atoms with Crippen molar-refractivity contribution in [2.45, 2.75) is 39.3 Å². The molecule has 0 spiro atoms. The number of aliphatic carboxylic acids is 1. The first-order valence-electron chi connectivity index (χ1n) is 6.35. The number of hydrogen-bond donors (Lipinski definition) is 2. The van der Waals surface area contributed by atoms with Gasteiger partial charge in [0.05, 0.1) is 12.5 Å². The van der Waals surface area contributed by atoms with Gasteiger partial charge in [0.2, 0.25) is 0 Å². The summed E-state index contributed by atoms with van der Waals surface area (Å²) in [4.78, 5) is 35.8. The minimum Gasteiger partial charge on any atom is -0.481 e. The highest BCUT2D eigenvalue weighted by molar-refractivity contribution is 5.84. The summed E-state index contributed by atoms with van der Waals surface area (Å²) in [6.45, 7) is 5.54. The smallest absolute Gasteiger partial charge is 0.328 e. The van der Waals surface area contributed by atoms with Gasteiger partial charge in [0.1, 0.15) is 6.04 Å². The predicted molar refractivity (Wildman–Crippen MR) is 66.5 cm³/mol. The molecule has 3 atom stereocenters. The zero-order valence-corrected chi connectivity index (χ0v) is 11.4. The molecule has 7 nitrogen and oxygen atoms in total. The summed E-state index contributed by atoms with van der Waals surface area (Å²) in [5, 5.41) is 11.5. The Morgan fingerprint density at radius 1 is 1.47 bits per heavy atom. The van der Waals surface area contributed by atoms with E-state index < -0.39 is 29.9 Å². The normalized spacial score (nSPS) is 23.8. The van der Waals surface area contributed by atoms with E-state index in [-0.39, 0.29) is 12.6 Å². The monoisotopic (exact) mass is 272 g/mol. The number of likely N-dealkylation sites (tertiary alicyclic amines) is 1. The van der Waals surface area contributed by atoms with E-state index >= 15 is 0 Å². The van der Waals surface area contributed by atoms with Crippen molar-refractivity contribution in [2.24, 2.45) is 5.92 Å². The first-order valence-corrected chi connectivity index (χ1v) is 6.35. The molecule has 19 heavy (non-hydrogen) atoms. The van der Waals surface area contributed by atoms with Crippen molar-refractivity contribution < 1.29 is 24.2 Å². The molecule has 0 saturated carbocycles. The van der Waals surface area contributed by atoms with Gasteiger partial charge in [0.25, 0.3) is 0 Å². The fraction of sp³-hybridized carbons (Fsp3) is 0.750. The van der Waals surface area contributed by atoms with Crippen LogP contribution >= 0.6 is 0 Å². The number of rotatable bonds is 4. The number of carboxylic acid groups (broad SMARTS) is 1. The van der Waals surface area contributed by atoms with Crippen LogP contribution in [0.15, 0.2) is 0 Å². The standard InChI is InChI=1S/C12H20N2O5/c1-4-19-11(17)7(2)13-12(18)14-6-5-9(8(14)3)10(15)16/h7-9H,4-6H2,1-3H3,(H,13,18)(H,15,16). The number of hydrogen-bond acceptors (Lipinski definition) is 4. The van der Waals surface area contributed by atoms with E-state index in [9.17, 15) is 14.4 Å². The van der Waals surface area contributed by atoms with E-state index in [1.165, 1.54) is 11.8 Å². The first kappa shape index (κ1) is 15.3. The number of carboxylic acids is 1. The van der Waals surface area contributed by atoms with E-state index in [2.05, 4.69) is 5.32 Å². The van der Waals surface area contributed by atoms with Gasteiger partial charge in [0, 0.05) is 12.6 Å². The van der Waals surface area contributed by atoms with Crippen molar-refractivity contribution in [1.29, 1.82) is 0 Å². The molecule has 108 valence electrons. The fourth-order valence-electron chi connectivity index (χ4n) is 2.15. The van der Waals surface area contributed by atoms with Gasteiger partial charge in [-0.2, -0.15) is 0 Å². The van der Waals surface area contributed by atoms with Crippen molar-refractivity contribution in [2.75, 3.05) is 13.2 Å². The van der Waals surface area contributed by atoms with Crippen LogP contribution < -0.4 is 5.32 Å². The second-order valence-corrected chi connectivity index (χ2v) is 4.59. The molecule has 1 aliphatic rings. The van der Waals surface area contributed by atoms with E-state index in [0.717, 1.165) is 0 Å². The third-order valence-corrected chi connectivity index (χ3v) is 3.31. The molecule has 0 aromatic carbocycles. The van der Waals surface area contributed by atoms with Crippen molar-refractivity contribution >= 4 is 18.0 Å². The molecular formula is C12H20N2O5. The highest BCUT2D eigenvalue weighted by atomic mass is 16.5. The molecule has 1 aliphatic heterocycles. The molecule has 3 unspecified atom stereocenters. The van der Waals surface area contributed by atoms with Crippen LogP contribution in [0.1, 0.15) is 27.2 Å². The molecule has 0 aromatic rings. The van der Waals surface area contributed by atoms with E-state index in [1.54, 1.807) is 13.8 Å². The summed E-state index contributed by atoms with van der Waals surface area (Å²) in [7, 11) is 0. The van der Waals surface area contributed by atoms with E-state index in [1.807, 2.05) is 0 Å². The zero-order valence-electron chi connectivity index (χ0n) is 11.4. The van der Waals surface area contributed by atoms with Crippen molar-refractivity contribution in [3.63, 3.8) is 0 Å². The highest BCUT2D eigenvalue weighted by Crippen LogP contribution is 2.24. The Morgan fingerprint density at radius 2 is 2.11 bits per heavy atom. The van der Waals surface area contributed by atoms with Gasteiger partial charge >= 0.3 is 18.0 Å². The quantitative estimate of drug-likeness (QED) is 0.724. The van der Waals surface area contributed by atoms with E-state index in [4.69, 9.17) is 9.84 Å². The summed E-state index contributed by atoms with van der Waals surface area (Å²) < 4.78 is 4.79. The van der Waals surface area contributed by atoms with Crippen LogP contribution in [0.3, 0.4) is 0 Å². The molecular weight excluding hydrogens is 252 g/mol. The second-order valence-electron chi connectivity index (χ2n) is 4.59. The molecule has 1 fully saturated rings. The number of urea groups is 1. The molecule has 0 bridgehead atoms. The third kappa shape index (κ3) is 3.59. The van der Waals surface area contributed by atoms with Crippen molar-refractivity contribution in [1.82, 2.24) is 10.2 Å². The van der Waals surface area contributed by atoms with Crippen LogP contribution in [0.2, 0.25) is 0 Å². The Bertz CT molecular complexity index is 371. The lowest BCUT2D eigenvalue weighted by Crippen LogP contribution is -2.49. The molecule has 2 N–H and O–H groups in total. The zero-order chi connectivity index (χ0) is 14.6. The van der Waals surface area contributed by atoms with E-state index in [0.29, 0.717) is 13.0 Å². The topological polar surface area (TPSA) is 95.9 Å². The lowest BCUT2D eigenvalue weighted by Gasteiger charge is -2.25. The Balaban J connectivity index is 2.55. The highest BCUT2D eigenvalue weighted by Gasteiger charge is 2.38. The maximum atomic E-state index is 12.0. The van der Waals surface area contributed by atoms with Crippen molar-refractivity contribution in [3.8, 4) is 0 Å². The van der Waals surface area contributed by atoms with Crippen molar-refractivity contribution in [3.05, 3.63) is 0 Å². The summed E-state index contributed by atoms with van der Waals surface area (Å²) in [6.07, 6.45) is 0.428. The maximum Gasteiger partial charge on any atom is 0.328 e. The molecule has 0 aliphatic carbocycles. The first-order chi connectivity index (χ1) is 8.88. The van der Waals surface area contributed by atoms with Gasteiger partial charge in [-0.05, 0) is 27.2 Å². The average Bonchev–Trinajstić information content (AvgIpc) is 2.71. The minimum absolute atomic E-state index is 0.250. The van der Waals surface area contributed by atoms with Gasteiger partial charge in [-0.15, -0.1) is 0 Å². The Morgan fingerprint density at radius 3 is 2.58 bits per heavy atom. The Hall–Kier alpha value is -1.79. The summed E-state index contributed by atoms with van der Waals surface area (Å²) in [5.41, 5.74) is 0. The number of nitrogens with one attached hydrogen (secondary N) is 1. The van der Waals surface area contributed by atoms with Gasteiger partial charge in [-0.25, -0.2) is 9.59 Å². The largest absolute Gasteiger partial charge is 0.481 e. The fourth-order valence-corrected chi connectivity index (χ4v) is 2.15. The molecule has 0 radical (unpaired) electrons. The molecule has 0 aromatic heterocycles. The van der Waals surface area contributed by atoms with Crippen LogP contribution in [0.5, 0.6) is 0 Å². The summed E-state index contributed by atoms with van der Waals surface area (Å²) in [6, 6.07) is -1.56. The molecule has 1 heterocycles. The molecule has 2 amide bonds. The van der Waals surface area contributed by atoms with Crippen LogP contribution in [-0.4, -0.2) is 53.2 Å². The van der Waals surface area contributed by atoms with Crippen LogP contribution in [0, 0.1) is 5.92 Å². The van der Waals surface area contributed by atoms with Gasteiger partial charge in [-0.3, -0.25) is 4.79 Å². The number of nitrogens with zero attached hydrogens (tertiary/aromatic N) is 1. The second kappa shape index (κ2) is 6.40. The summed E-state index contributed by atoms with van der Waals surface area (Å²) >= 11 is 0. The molecule has 1 rings (SSSR count). The molecule has 1 saturated heterocycles. The van der Waals surface area contributed by atoms with Crippen LogP contribution in [-0.2, 0) is 14.3 Å². The Kier molecular flexibility index (Phi) is 5.14. The van der Waals surface area contributed by atoms with Crippen LogP contribution in [0.25, 0.3) is 0 Å². The van der Waals surface area contributed by atoms with Gasteiger partial charge < -0.3 is 20.1 Å². The predicted octanol–water partition coefficient (Wildman–Crippen LogP) is 0.443. The van der Waals surface area contributed by atoms with Gasteiger partial charge in [0.15, 0.2) is 0 Å². The molecule has 7 heteroatoms. The summed E-state index contributed by atoms with van der Waals surface area (Å²) in [5.74, 6) is -1.96. The third-order valence-electron chi connectivity index (χ3n) is 3.31. The lowest BCUT2D eigenvalue weighted by atomic mass is 10.0. The number of carbonyl (C=O) groups is 3. The Labute approximate surface area is 111 Å². The average molecular weight is 272 g/mol. The minimum atomic E-state index is -0.902. The number of carbonyl (C=O) groups excluding carboxylic acids is 2. The van der Waals surface area contributed by atoms with Gasteiger partial charge in [-0.1, -0.05) is 0 Å².